The van der Waals surface area contributed by atoms with Crippen LogP contribution in [0.3, 0.4) is 0 Å². The van der Waals surface area contributed by atoms with Gasteiger partial charge in [0, 0.05) is 37.5 Å². The van der Waals surface area contributed by atoms with Gasteiger partial charge in [0.05, 0.1) is 30.0 Å². The van der Waals surface area contributed by atoms with Crippen LogP contribution in [0.2, 0.25) is 0 Å². The fourth-order valence-corrected chi connectivity index (χ4v) is 4.60. The Kier molecular flexibility index (Phi) is 7.98. The fraction of sp³-hybridized carbons (Fsp3) is 0.346. The molecule has 0 unspecified atom stereocenters. The van der Waals surface area contributed by atoms with Gasteiger partial charge in [-0.15, -0.1) is 0 Å². The Morgan fingerprint density at radius 3 is 2.59 bits per heavy atom. The van der Waals surface area contributed by atoms with E-state index in [1.54, 1.807) is 24.3 Å². The number of nitrogens with zero attached hydrogens (tertiary/aromatic N) is 4. The standard InChI is InChI=1S/C26H26F4N6O3/c1-15(12-16(6-5-9-27)13-19-17-7-3-4-8-18(17)22(37)34-33-19)24(39)35-10-11-36-20(14-35)21(23(38)31-2)32-25(36)26(28,29)30/h3-4,7-8,12H,1,5-6,9-11,13-14H2,2H3,(H,31,38)(H,34,37)/b16-12+. The van der Waals surface area contributed by atoms with Crippen molar-refractivity contribution in [3.63, 3.8) is 0 Å². The van der Waals surface area contributed by atoms with Crippen molar-refractivity contribution >= 4 is 22.6 Å². The molecule has 2 aromatic heterocycles. The topological polar surface area (TPSA) is 113 Å². The Bertz CT molecular complexity index is 1520. The molecular weight excluding hydrogens is 520 g/mol. The maximum atomic E-state index is 13.5. The van der Waals surface area contributed by atoms with Crippen LogP contribution >= 0.6 is 0 Å². The van der Waals surface area contributed by atoms with Crippen LogP contribution in [0.5, 0.6) is 0 Å². The first-order chi connectivity index (χ1) is 18.5. The number of amides is 2. The number of rotatable bonds is 8. The Morgan fingerprint density at radius 1 is 1.21 bits per heavy atom. The van der Waals surface area contributed by atoms with E-state index in [0.717, 1.165) is 4.57 Å². The summed E-state index contributed by atoms with van der Waals surface area (Å²) in [6, 6.07) is 6.89. The first-order valence-corrected chi connectivity index (χ1v) is 12.1. The molecule has 0 atom stereocenters. The summed E-state index contributed by atoms with van der Waals surface area (Å²) in [6.45, 7) is 2.72. The van der Waals surface area contributed by atoms with Crippen LogP contribution in [-0.4, -0.2) is 56.7 Å². The maximum Gasteiger partial charge on any atom is 0.449 e. The highest BCUT2D eigenvalue weighted by atomic mass is 19.4. The highest BCUT2D eigenvalue weighted by molar-refractivity contribution is 5.96. The molecule has 4 rings (SSSR count). The van der Waals surface area contributed by atoms with E-state index in [2.05, 4.69) is 27.1 Å². The largest absolute Gasteiger partial charge is 0.449 e. The van der Waals surface area contributed by atoms with Crippen molar-refractivity contribution in [2.75, 3.05) is 20.3 Å². The first kappa shape index (κ1) is 27.7. The number of halogens is 4. The van der Waals surface area contributed by atoms with E-state index in [-0.39, 0.29) is 49.3 Å². The molecule has 9 nitrogen and oxygen atoms in total. The maximum absolute atomic E-state index is 13.5. The van der Waals surface area contributed by atoms with Gasteiger partial charge in [-0.25, -0.2) is 10.1 Å². The molecule has 0 spiro atoms. The number of carbonyl (C=O) groups is 2. The summed E-state index contributed by atoms with van der Waals surface area (Å²) in [4.78, 5) is 42.4. The predicted molar refractivity (Wildman–Crippen MR) is 135 cm³/mol. The van der Waals surface area contributed by atoms with Gasteiger partial charge in [0.1, 0.15) is 0 Å². The molecule has 1 aromatic carbocycles. The van der Waals surface area contributed by atoms with Crippen molar-refractivity contribution in [1.82, 2.24) is 30.0 Å². The Labute approximate surface area is 220 Å². The zero-order valence-corrected chi connectivity index (χ0v) is 21.1. The number of aromatic amines is 1. The molecule has 2 amide bonds. The third-order valence-corrected chi connectivity index (χ3v) is 6.44. The van der Waals surface area contributed by atoms with Crippen LogP contribution in [0.4, 0.5) is 17.6 Å². The summed E-state index contributed by atoms with van der Waals surface area (Å²) in [5, 5.41) is 9.93. The van der Waals surface area contributed by atoms with E-state index in [9.17, 15) is 31.9 Å². The third-order valence-electron chi connectivity index (χ3n) is 6.44. The SMILES string of the molecule is C=C(/C=C(\CCCF)Cc1n[nH]c(=O)c2ccccc12)C(=O)N1CCn2c(C(F)(F)F)nc(C(=O)NC)c2C1. The van der Waals surface area contributed by atoms with Crippen molar-refractivity contribution in [1.29, 1.82) is 0 Å². The van der Waals surface area contributed by atoms with Gasteiger partial charge in [-0.1, -0.05) is 36.4 Å². The number of carbonyl (C=O) groups excluding carboxylic acids is 2. The molecule has 3 heterocycles. The van der Waals surface area contributed by atoms with Gasteiger partial charge in [-0.2, -0.15) is 18.3 Å². The zero-order chi connectivity index (χ0) is 28.3. The molecule has 0 saturated heterocycles. The summed E-state index contributed by atoms with van der Waals surface area (Å²) in [7, 11) is 1.28. The van der Waals surface area contributed by atoms with Crippen LogP contribution in [-0.2, 0) is 30.5 Å². The highest BCUT2D eigenvalue weighted by Crippen LogP contribution is 2.32. The Hall–Kier alpha value is -4.29. The predicted octanol–water partition coefficient (Wildman–Crippen LogP) is 3.32. The van der Waals surface area contributed by atoms with Crippen molar-refractivity contribution in [2.45, 2.75) is 38.5 Å². The average Bonchev–Trinajstić information content (AvgIpc) is 3.32. The van der Waals surface area contributed by atoms with Crippen molar-refractivity contribution in [2.24, 2.45) is 0 Å². The molecule has 0 radical (unpaired) electrons. The van der Waals surface area contributed by atoms with Crippen molar-refractivity contribution in [3.05, 3.63) is 81.3 Å². The van der Waals surface area contributed by atoms with Crippen molar-refractivity contribution < 1.29 is 27.2 Å². The molecular formula is C26H26F4N6O3. The number of hydrogen-bond donors (Lipinski definition) is 2. The van der Waals surface area contributed by atoms with E-state index in [1.165, 1.54) is 18.0 Å². The Morgan fingerprint density at radius 2 is 1.92 bits per heavy atom. The van der Waals surface area contributed by atoms with Gasteiger partial charge in [0.2, 0.25) is 5.82 Å². The lowest BCUT2D eigenvalue weighted by Crippen LogP contribution is -2.40. The van der Waals surface area contributed by atoms with Crippen LogP contribution < -0.4 is 10.9 Å². The minimum absolute atomic E-state index is 0.0281. The highest BCUT2D eigenvalue weighted by Gasteiger charge is 2.41. The Balaban J connectivity index is 1.60. The van der Waals surface area contributed by atoms with Gasteiger partial charge in [-0.05, 0) is 18.9 Å². The first-order valence-electron chi connectivity index (χ1n) is 12.1. The molecule has 0 saturated carbocycles. The van der Waals surface area contributed by atoms with E-state index < -0.39 is 36.2 Å². The number of H-pyrrole nitrogens is 1. The molecule has 0 aliphatic carbocycles. The number of nitrogens with one attached hydrogen (secondary N) is 2. The molecule has 0 fully saturated rings. The van der Waals surface area contributed by atoms with Crippen molar-refractivity contribution in [3.8, 4) is 0 Å². The lowest BCUT2D eigenvalue weighted by molar-refractivity contribution is -0.148. The van der Waals surface area contributed by atoms with Gasteiger partial charge in [0.25, 0.3) is 17.4 Å². The molecule has 206 valence electrons. The lowest BCUT2D eigenvalue weighted by atomic mass is 9.99. The number of fused-ring (bicyclic) bond motifs is 2. The van der Waals surface area contributed by atoms with Crippen LogP contribution in [0.15, 0.2) is 52.9 Å². The number of aromatic nitrogens is 4. The molecule has 1 aliphatic heterocycles. The molecule has 2 N–H and O–H groups in total. The summed E-state index contributed by atoms with van der Waals surface area (Å²) in [5.74, 6) is -2.54. The summed E-state index contributed by atoms with van der Waals surface area (Å²) >= 11 is 0. The number of imidazole rings is 1. The smallest absolute Gasteiger partial charge is 0.354 e. The van der Waals surface area contributed by atoms with Gasteiger partial charge in [-0.3, -0.25) is 18.8 Å². The van der Waals surface area contributed by atoms with E-state index in [1.807, 2.05) is 0 Å². The summed E-state index contributed by atoms with van der Waals surface area (Å²) < 4.78 is 54.5. The van der Waals surface area contributed by atoms with Gasteiger partial charge in [0.15, 0.2) is 5.69 Å². The molecule has 1 aliphatic rings. The fourth-order valence-electron chi connectivity index (χ4n) is 4.60. The second kappa shape index (κ2) is 11.2. The van der Waals surface area contributed by atoms with E-state index >= 15 is 0 Å². The average molecular weight is 547 g/mol. The minimum atomic E-state index is -4.77. The lowest BCUT2D eigenvalue weighted by Gasteiger charge is -2.30. The quantitative estimate of drug-likeness (QED) is 0.256. The number of allylic oxidation sites excluding steroid dienone is 1. The van der Waals surface area contributed by atoms with Crippen LogP contribution in [0.25, 0.3) is 10.8 Å². The molecule has 39 heavy (non-hydrogen) atoms. The second-order valence-electron chi connectivity index (χ2n) is 9.03. The van der Waals surface area contributed by atoms with Crippen LogP contribution in [0, 0.1) is 0 Å². The second-order valence-corrected chi connectivity index (χ2v) is 9.03. The molecule has 3 aromatic rings. The minimum Gasteiger partial charge on any atom is -0.354 e. The monoisotopic (exact) mass is 546 g/mol. The van der Waals surface area contributed by atoms with Gasteiger partial charge < -0.3 is 14.8 Å². The summed E-state index contributed by atoms with van der Waals surface area (Å²) in [6.07, 6.45) is -2.56. The normalized spacial score (nSPS) is 13.9. The molecule has 0 bridgehead atoms. The number of alkyl halides is 4. The third kappa shape index (κ3) is 5.76. The van der Waals surface area contributed by atoms with E-state index in [0.29, 0.717) is 28.5 Å². The van der Waals surface area contributed by atoms with E-state index in [4.69, 9.17) is 0 Å². The number of hydrogen-bond acceptors (Lipinski definition) is 5. The zero-order valence-electron chi connectivity index (χ0n) is 21.1. The number of benzene rings is 1. The van der Waals surface area contributed by atoms with Crippen LogP contribution in [0.1, 0.15) is 40.5 Å². The summed E-state index contributed by atoms with van der Waals surface area (Å²) in [5.41, 5.74) is 0.443. The van der Waals surface area contributed by atoms with Gasteiger partial charge >= 0.3 is 6.18 Å². The molecule has 13 heteroatoms.